The van der Waals surface area contributed by atoms with Crippen LogP contribution in [0.25, 0.3) is 0 Å². The number of aryl methyl sites for hydroxylation is 1. The van der Waals surface area contributed by atoms with Crippen LogP contribution in [-0.4, -0.2) is 16.1 Å². The summed E-state index contributed by atoms with van der Waals surface area (Å²) in [6, 6.07) is 3.20. The first kappa shape index (κ1) is 13.7. The van der Waals surface area contributed by atoms with E-state index in [2.05, 4.69) is 10.3 Å². The number of hydrogen-bond donors (Lipinski definition) is 3. The molecule has 2 aromatic rings. The van der Waals surface area contributed by atoms with E-state index in [0.717, 1.165) is 18.3 Å². The van der Waals surface area contributed by atoms with E-state index < -0.39 is 17.6 Å². The highest BCUT2D eigenvalue weighted by Crippen LogP contribution is 2.25. The number of aromatic nitrogens is 1. The van der Waals surface area contributed by atoms with Crippen LogP contribution in [0.15, 0.2) is 24.4 Å². The summed E-state index contributed by atoms with van der Waals surface area (Å²) in [5.41, 5.74) is 5.59. The number of nitrogen functional groups attached to an aromatic ring is 1. The lowest BCUT2D eigenvalue weighted by Gasteiger charge is -2.10. The van der Waals surface area contributed by atoms with Gasteiger partial charge in [0.1, 0.15) is 11.6 Å². The van der Waals surface area contributed by atoms with Gasteiger partial charge < -0.3 is 16.2 Å². The van der Waals surface area contributed by atoms with E-state index in [4.69, 9.17) is 10.8 Å². The van der Waals surface area contributed by atoms with Gasteiger partial charge in [-0.15, -0.1) is 0 Å². The quantitative estimate of drug-likeness (QED) is 0.804. The highest BCUT2D eigenvalue weighted by molar-refractivity contribution is 5.89. The number of carboxylic acids is 1. The molecule has 0 aliphatic heterocycles. The lowest BCUT2D eigenvalue weighted by atomic mass is 10.2. The van der Waals surface area contributed by atoms with Crippen molar-refractivity contribution in [2.45, 2.75) is 6.92 Å². The van der Waals surface area contributed by atoms with Crippen LogP contribution in [0, 0.1) is 18.6 Å². The van der Waals surface area contributed by atoms with Gasteiger partial charge in [0, 0.05) is 12.3 Å². The molecule has 7 heteroatoms. The van der Waals surface area contributed by atoms with Crippen molar-refractivity contribution >= 4 is 23.2 Å². The Kier molecular flexibility index (Phi) is 3.51. The van der Waals surface area contributed by atoms with Crippen LogP contribution in [0.3, 0.4) is 0 Å². The first-order valence-corrected chi connectivity index (χ1v) is 5.60. The Morgan fingerprint density at radius 3 is 2.60 bits per heavy atom. The Hall–Kier alpha value is -2.70. The normalized spacial score (nSPS) is 10.3. The summed E-state index contributed by atoms with van der Waals surface area (Å²) in [7, 11) is 0. The maximum atomic E-state index is 13.7. The molecule has 1 aromatic carbocycles. The van der Waals surface area contributed by atoms with Crippen LogP contribution in [0.1, 0.15) is 15.9 Å². The summed E-state index contributed by atoms with van der Waals surface area (Å²) in [4.78, 5) is 14.5. The summed E-state index contributed by atoms with van der Waals surface area (Å²) >= 11 is 0. The summed E-state index contributed by atoms with van der Waals surface area (Å²) in [5.74, 6) is -2.36. The molecule has 0 saturated heterocycles. The zero-order valence-electron chi connectivity index (χ0n) is 10.4. The molecule has 0 amide bonds. The third-order valence-corrected chi connectivity index (χ3v) is 2.67. The van der Waals surface area contributed by atoms with Crippen LogP contribution in [0.4, 0.5) is 26.0 Å². The van der Waals surface area contributed by atoms with Crippen LogP contribution >= 0.6 is 0 Å². The fraction of sp³-hybridized carbons (Fsp3) is 0.0769. The third kappa shape index (κ3) is 2.66. The Morgan fingerprint density at radius 2 is 2.00 bits per heavy atom. The Morgan fingerprint density at radius 1 is 1.30 bits per heavy atom. The number of rotatable bonds is 3. The highest BCUT2D eigenvalue weighted by atomic mass is 19.1. The molecule has 0 aliphatic rings. The zero-order chi connectivity index (χ0) is 14.9. The molecule has 4 N–H and O–H groups in total. The Bertz CT molecular complexity index is 690. The summed E-state index contributed by atoms with van der Waals surface area (Å²) in [5, 5.41) is 11.3. The van der Waals surface area contributed by atoms with Crippen LogP contribution < -0.4 is 11.1 Å². The lowest BCUT2D eigenvalue weighted by molar-refractivity contribution is 0.0696. The molecule has 0 radical (unpaired) electrons. The number of aromatic carboxylic acids is 1. The minimum Gasteiger partial charge on any atom is -0.478 e. The molecule has 0 aliphatic carbocycles. The molecule has 5 nitrogen and oxygen atoms in total. The number of halogens is 2. The second-order valence-corrected chi connectivity index (χ2v) is 4.17. The van der Waals surface area contributed by atoms with Gasteiger partial charge in [0.05, 0.1) is 16.9 Å². The number of nitrogens with zero attached hydrogens (tertiary/aromatic N) is 1. The maximum absolute atomic E-state index is 13.7. The van der Waals surface area contributed by atoms with Crippen molar-refractivity contribution in [1.82, 2.24) is 4.98 Å². The number of carboxylic acid groups (broad SMARTS) is 1. The SMILES string of the molecule is Cc1cc(F)c(Nc2ncc(C(=O)O)cc2N)cc1F. The topological polar surface area (TPSA) is 88.2 Å². The Balaban J connectivity index is 2.35. The minimum absolute atomic E-state index is 0.0188. The van der Waals surface area contributed by atoms with Crippen molar-refractivity contribution in [3.8, 4) is 0 Å². The molecule has 0 fully saturated rings. The van der Waals surface area contributed by atoms with Gasteiger partial charge in [0.25, 0.3) is 0 Å². The number of nitrogens with one attached hydrogen (secondary N) is 1. The van der Waals surface area contributed by atoms with Gasteiger partial charge in [-0.1, -0.05) is 0 Å². The maximum Gasteiger partial charge on any atom is 0.337 e. The van der Waals surface area contributed by atoms with Crippen LogP contribution in [-0.2, 0) is 0 Å². The number of hydrogen-bond acceptors (Lipinski definition) is 4. The fourth-order valence-corrected chi connectivity index (χ4v) is 1.57. The molecule has 2 rings (SSSR count). The van der Waals surface area contributed by atoms with Gasteiger partial charge in [-0.2, -0.15) is 0 Å². The number of nitrogens with two attached hydrogens (primary N) is 1. The van der Waals surface area contributed by atoms with E-state index in [9.17, 15) is 13.6 Å². The Labute approximate surface area is 113 Å². The van der Waals surface area contributed by atoms with Gasteiger partial charge in [-0.3, -0.25) is 0 Å². The van der Waals surface area contributed by atoms with E-state index in [1.807, 2.05) is 0 Å². The van der Waals surface area contributed by atoms with E-state index in [1.54, 1.807) is 0 Å². The largest absolute Gasteiger partial charge is 0.478 e. The summed E-state index contributed by atoms with van der Waals surface area (Å²) in [6.45, 7) is 1.44. The first-order valence-electron chi connectivity index (χ1n) is 5.60. The van der Waals surface area contributed by atoms with Crippen molar-refractivity contribution in [2.24, 2.45) is 0 Å². The third-order valence-electron chi connectivity index (χ3n) is 2.67. The molecule has 0 bridgehead atoms. The van der Waals surface area contributed by atoms with E-state index in [-0.39, 0.29) is 28.3 Å². The molecule has 0 unspecified atom stereocenters. The van der Waals surface area contributed by atoms with E-state index in [1.165, 1.54) is 13.0 Å². The standard InChI is InChI=1S/C13H11F2N3O2/c1-6-2-9(15)11(4-8(6)14)18-12-10(16)3-7(5-17-12)13(19)20/h2-5H,16H2,1H3,(H,17,18)(H,19,20). The lowest BCUT2D eigenvalue weighted by Crippen LogP contribution is -2.05. The van der Waals surface area contributed by atoms with Crippen molar-refractivity contribution < 1.29 is 18.7 Å². The number of anilines is 3. The zero-order valence-corrected chi connectivity index (χ0v) is 10.4. The van der Waals surface area contributed by atoms with Gasteiger partial charge >= 0.3 is 5.97 Å². The minimum atomic E-state index is -1.18. The van der Waals surface area contributed by atoms with Gasteiger partial charge in [0.15, 0.2) is 5.82 Å². The average molecular weight is 279 g/mol. The number of pyridine rings is 1. The van der Waals surface area contributed by atoms with E-state index >= 15 is 0 Å². The predicted octanol–water partition coefficient (Wildman–Crippen LogP) is 2.69. The van der Waals surface area contributed by atoms with Crippen molar-refractivity contribution in [1.29, 1.82) is 0 Å². The molecule has 1 aromatic heterocycles. The number of carbonyl (C=O) groups is 1. The van der Waals surface area contributed by atoms with Gasteiger partial charge in [0.2, 0.25) is 0 Å². The number of benzene rings is 1. The van der Waals surface area contributed by atoms with Crippen LogP contribution in [0.5, 0.6) is 0 Å². The van der Waals surface area contributed by atoms with Crippen molar-refractivity contribution in [2.75, 3.05) is 11.1 Å². The molecular weight excluding hydrogens is 268 g/mol. The molecule has 0 atom stereocenters. The molecular formula is C13H11F2N3O2. The predicted molar refractivity (Wildman–Crippen MR) is 70.0 cm³/mol. The van der Waals surface area contributed by atoms with Crippen LogP contribution in [0.2, 0.25) is 0 Å². The monoisotopic (exact) mass is 279 g/mol. The molecule has 104 valence electrons. The smallest absolute Gasteiger partial charge is 0.337 e. The fourth-order valence-electron chi connectivity index (χ4n) is 1.57. The van der Waals surface area contributed by atoms with Crippen molar-refractivity contribution in [3.05, 3.63) is 47.2 Å². The molecule has 0 spiro atoms. The second kappa shape index (κ2) is 5.12. The summed E-state index contributed by atoms with van der Waals surface area (Å²) < 4.78 is 27.1. The first-order chi connectivity index (χ1) is 9.38. The molecule has 20 heavy (non-hydrogen) atoms. The summed E-state index contributed by atoms with van der Waals surface area (Å²) in [6.07, 6.45) is 1.07. The van der Waals surface area contributed by atoms with E-state index in [0.29, 0.717) is 0 Å². The molecule has 0 saturated carbocycles. The van der Waals surface area contributed by atoms with Gasteiger partial charge in [-0.25, -0.2) is 18.6 Å². The average Bonchev–Trinajstić information content (AvgIpc) is 2.37. The second-order valence-electron chi connectivity index (χ2n) is 4.17. The van der Waals surface area contributed by atoms with Crippen molar-refractivity contribution in [3.63, 3.8) is 0 Å². The van der Waals surface area contributed by atoms with Gasteiger partial charge in [-0.05, 0) is 24.6 Å². The highest BCUT2D eigenvalue weighted by Gasteiger charge is 2.11. The molecule has 1 heterocycles.